The predicted octanol–water partition coefficient (Wildman–Crippen LogP) is 2.40. The Hall–Kier alpha value is -4.26. The van der Waals surface area contributed by atoms with Crippen LogP contribution >= 0.6 is 0 Å². The van der Waals surface area contributed by atoms with Crippen molar-refractivity contribution in [2.24, 2.45) is 0 Å². The van der Waals surface area contributed by atoms with Crippen LogP contribution in [0, 0.1) is 18.3 Å². The minimum atomic E-state index is -0.181. The standard InChI is InChI=1S/C25H27N7O3/c1-17-23(15-30-31-25(17)34)32-8-2-3-20(32)16-35-22-10-19(12-27-14-22)9-21(33)6-7-28-24-5-4-18(11-26)13-29-24/h4-5,10,12-15,20H,2-3,6-9,16H2,1H3,(H,28,29)(H,31,34)/t20-/m0/s1. The molecule has 4 heterocycles. The van der Waals surface area contributed by atoms with Crippen LogP contribution in [0.3, 0.4) is 0 Å². The van der Waals surface area contributed by atoms with Gasteiger partial charge in [0, 0.05) is 43.9 Å². The summed E-state index contributed by atoms with van der Waals surface area (Å²) in [6, 6.07) is 7.39. The highest BCUT2D eigenvalue weighted by molar-refractivity contribution is 5.81. The molecule has 0 saturated carbocycles. The van der Waals surface area contributed by atoms with E-state index in [-0.39, 0.29) is 23.8 Å². The molecule has 0 amide bonds. The Morgan fingerprint density at radius 3 is 3.00 bits per heavy atom. The quantitative estimate of drug-likeness (QED) is 0.455. The summed E-state index contributed by atoms with van der Waals surface area (Å²) < 4.78 is 6.03. The van der Waals surface area contributed by atoms with E-state index in [2.05, 4.69) is 30.4 Å². The van der Waals surface area contributed by atoms with Gasteiger partial charge in [0.05, 0.1) is 29.7 Å². The first kappa shape index (κ1) is 23.9. The summed E-state index contributed by atoms with van der Waals surface area (Å²) in [5.74, 6) is 1.31. The number of hydrogen-bond donors (Lipinski definition) is 2. The summed E-state index contributed by atoms with van der Waals surface area (Å²) in [6.07, 6.45) is 9.07. The molecule has 0 spiro atoms. The van der Waals surface area contributed by atoms with Crippen LogP contribution in [0.15, 0.2) is 47.8 Å². The number of aromatic amines is 1. The fraction of sp³-hybridized carbons (Fsp3) is 0.360. The molecule has 0 aliphatic carbocycles. The van der Waals surface area contributed by atoms with Crippen molar-refractivity contribution >= 4 is 17.3 Å². The van der Waals surface area contributed by atoms with E-state index in [4.69, 9.17) is 10.00 Å². The molecule has 3 aromatic heterocycles. The van der Waals surface area contributed by atoms with Gasteiger partial charge in [0.25, 0.3) is 5.56 Å². The van der Waals surface area contributed by atoms with Gasteiger partial charge in [-0.1, -0.05) is 0 Å². The third-order valence-corrected chi connectivity index (χ3v) is 5.98. The Kier molecular flexibility index (Phi) is 7.67. The second-order valence-electron chi connectivity index (χ2n) is 8.47. The van der Waals surface area contributed by atoms with Crippen molar-refractivity contribution in [1.29, 1.82) is 5.26 Å². The van der Waals surface area contributed by atoms with Crippen LogP contribution in [0.4, 0.5) is 11.5 Å². The molecule has 4 rings (SSSR count). The smallest absolute Gasteiger partial charge is 0.269 e. The molecule has 1 atom stereocenters. The van der Waals surface area contributed by atoms with E-state index in [1.807, 2.05) is 12.1 Å². The molecule has 0 aromatic carbocycles. The Morgan fingerprint density at radius 1 is 1.31 bits per heavy atom. The molecular formula is C25H27N7O3. The van der Waals surface area contributed by atoms with Gasteiger partial charge < -0.3 is 15.0 Å². The van der Waals surface area contributed by atoms with Gasteiger partial charge in [-0.25, -0.2) is 10.1 Å². The first-order valence-electron chi connectivity index (χ1n) is 11.5. The molecule has 1 fully saturated rings. The van der Waals surface area contributed by atoms with Crippen LogP contribution in [0.2, 0.25) is 0 Å². The number of H-pyrrole nitrogens is 1. The largest absolute Gasteiger partial charge is 0.490 e. The van der Waals surface area contributed by atoms with E-state index >= 15 is 0 Å². The van der Waals surface area contributed by atoms with Crippen LogP contribution in [-0.2, 0) is 11.2 Å². The lowest BCUT2D eigenvalue weighted by atomic mass is 10.1. The van der Waals surface area contributed by atoms with Crippen molar-refractivity contribution in [2.75, 3.05) is 29.9 Å². The van der Waals surface area contributed by atoms with E-state index in [1.54, 1.807) is 37.6 Å². The van der Waals surface area contributed by atoms with Gasteiger partial charge in [0.2, 0.25) is 0 Å². The molecule has 0 radical (unpaired) electrons. The number of aromatic nitrogens is 4. The Bertz CT molecular complexity index is 1270. The number of nitrogens with one attached hydrogen (secondary N) is 2. The Morgan fingerprint density at radius 2 is 2.20 bits per heavy atom. The minimum absolute atomic E-state index is 0.0735. The molecule has 1 aliphatic rings. The molecule has 180 valence electrons. The van der Waals surface area contributed by atoms with Gasteiger partial charge in [-0.3, -0.25) is 14.6 Å². The van der Waals surface area contributed by atoms with Gasteiger partial charge in [-0.15, -0.1) is 0 Å². The van der Waals surface area contributed by atoms with Crippen molar-refractivity contribution in [2.45, 2.75) is 38.6 Å². The normalized spacial score (nSPS) is 15.0. The number of pyridine rings is 2. The number of Topliss-reactive ketones (excluding diaryl/α,β-unsaturated/α-hetero) is 1. The SMILES string of the molecule is Cc1c(N2CCC[C@H]2COc2cncc(CC(=O)CCNc3ccc(C#N)cn3)c2)cn[nH]c1=O. The van der Waals surface area contributed by atoms with E-state index in [1.165, 1.54) is 6.20 Å². The van der Waals surface area contributed by atoms with Crippen molar-refractivity contribution in [3.63, 3.8) is 0 Å². The average molecular weight is 474 g/mol. The lowest BCUT2D eigenvalue weighted by Gasteiger charge is -2.27. The highest BCUT2D eigenvalue weighted by Crippen LogP contribution is 2.27. The molecule has 1 aliphatic heterocycles. The zero-order chi connectivity index (χ0) is 24.6. The van der Waals surface area contributed by atoms with Crippen LogP contribution in [0.25, 0.3) is 0 Å². The maximum absolute atomic E-state index is 12.4. The second kappa shape index (κ2) is 11.2. The van der Waals surface area contributed by atoms with Crippen molar-refractivity contribution in [1.82, 2.24) is 20.2 Å². The summed E-state index contributed by atoms with van der Waals surface area (Å²) in [7, 11) is 0. The topological polar surface area (TPSA) is 137 Å². The molecular weight excluding hydrogens is 446 g/mol. The Labute approximate surface area is 203 Å². The summed E-state index contributed by atoms with van der Waals surface area (Å²) in [5.41, 5.74) is 2.59. The van der Waals surface area contributed by atoms with Crippen LogP contribution in [-0.4, -0.2) is 51.7 Å². The first-order valence-corrected chi connectivity index (χ1v) is 11.5. The number of nitrogens with zero attached hydrogens (tertiary/aromatic N) is 5. The highest BCUT2D eigenvalue weighted by Gasteiger charge is 2.27. The molecule has 35 heavy (non-hydrogen) atoms. The summed E-state index contributed by atoms with van der Waals surface area (Å²) in [6.45, 7) is 3.55. The Balaban J connectivity index is 1.27. The predicted molar refractivity (Wildman–Crippen MR) is 130 cm³/mol. The third kappa shape index (κ3) is 6.20. The van der Waals surface area contributed by atoms with Gasteiger partial charge >= 0.3 is 0 Å². The van der Waals surface area contributed by atoms with Crippen LogP contribution in [0.1, 0.15) is 36.0 Å². The zero-order valence-electron chi connectivity index (χ0n) is 19.5. The van der Waals surface area contributed by atoms with Crippen LogP contribution < -0.4 is 20.5 Å². The van der Waals surface area contributed by atoms with Crippen molar-refractivity contribution in [3.8, 4) is 11.8 Å². The van der Waals surface area contributed by atoms with Crippen molar-refractivity contribution < 1.29 is 9.53 Å². The van der Waals surface area contributed by atoms with Gasteiger partial charge in [-0.2, -0.15) is 10.4 Å². The molecule has 3 aromatic rings. The number of anilines is 2. The van der Waals surface area contributed by atoms with Gasteiger partial charge in [0.1, 0.15) is 30.0 Å². The number of rotatable bonds is 10. The summed E-state index contributed by atoms with van der Waals surface area (Å²) in [4.78, 5) is 34.9. The number of carbonyl (C=O) groups excluding carboxylic acids is 1. The minimum Gasteiger partial charge on any atom is -0.490 e. The van der Waals surface area contributed by atoms with E-state index in [0.717, 1.165) is 30.6 Å². The second-order valence-corrected chi connectivity index (χ2v) is 8.47. The monoisotopic (exact) mass is 473 g/mol. The van der Waals surface area contributed by atoms with E-state index in [0.29, 0.717) is 42.3 Å². The van der Waals surface area contributed by atoms with Gasteiger partial charge in [-0.05, 0) is 43.5 Å². The maximum Gasteiger partial charge on any atom is 0.269 e. The fourth-order valence-electron chi connectivity index (χ4n) is 4.11. The highest BCUT2D eigenvalue weighted by atomic mass is 16.5. The van der Waals surface area contributed by atoms with Crippen molar-refractivity contribution in [3.05, 3.63) is 70.0 Å². The molecule has 0 unspecified atom stereocenters. The van der Waals surface area contributed by atoms with E-state index in [9.17, 15) is 9.59 Å². The molecule has 10 nitrogen and oxygen atoms in total. The molecule has 1 saturated heterocycles. The summed E-state index contributed by atoms with van der Waals surface area (Å²) >= 11 is 0. The lowest BCUT2D eigenvalue weighted by Crippen LogP contribution is -2.36. The molecule has 0 bridgehead atoms. The number of carbonyl (C=O) groups is 1. The molecule has 10 heteroatoms. The number of hydrogen-bond acceptors (Lipinski definition) is 9. The van der Waals surface area contributed by atoms with Gasteiger partial charge in [0.15, 0.2) is 0 Å². The lowest BCUT2D eigenvalue weighted by molar-refractivity contribution is -0.118. The number of ether oxygens (including phenoxy) is 1. The van der Waals surface area contributed by atoms with Crippen LogP contribution in [0.5, 0.6) is 5.75 Å². The number of nitriles is 1. The fourth-order valence-corrected chi connectivity index (χ4v) is 4.11. The number of ketones is 1. The third-order valence-electron chi connectivity index (χ3n) is 5.98. The average Bonchev–Trinajstić information content (AvgIpc) is 3.33. The molecule has 2 N–H and O–H groups in total. The first-order chi connectivity index (χ1) is 17.0. The zero-order valence-corrected chi connectivity index (χ0v) is 19.5. The van der Waals surface area contributed by atoms with E-state index < -0.39 is 0 Å². The summed E-state index contributed by atoms with van der Waals surface area (Å²) in [5, 5.41) is 18.3. The maximum atomic E-state index is 12.4.